The molecule has 0 unspecified atom stereocenters. The van der Waals surface area contributed by atoms with Crippen molar-refractivity contribution in [2.45, 2.75) is 24.7 Å². The number of hydrogen-bond acceptors (Lipinski definition) is 1. The van der Waals surface area contributed by atoms with Crippen LogP contribution in [0.25, 0.3) is 44.5 Å². The van der Waals surface area contributed by atoms with Crippen LogP contribution in [-0.2, 0) is 10.8 Å². The van der Waals surface area contributed by atoms with Crippen LogP contribution in [0.3, 0.4) is 0 Å². The van der Waals surface area contributed by atoms with Crippen molar-refractivity contribution in [3.8, 4) is 44.5 Å². The second-order valence-electron chi connectivity index (χ2n) is 17.9. The largest absolute Gasteiger partial charge is 0.310 e. The Balaban J connectivity index is 1.05. The number of fused-ring (bicyclic) bond motifs is 23. The number of hydrogen-bond donors (Lipinski definition) is 0. The summed E-state index contributed by atoms with van der Waals surface area (Å²) in [6.45, 7) is 4.79. The van der Waals surface area contributed by atoms with Crippen LogP contribution in [-0.4, -0.2) is 8.07 Å². The molecule has 280 valence electrons. The predicted molar refractivity (Wildman–Crippen MR) is 251 cm³/mol. The van der Waals surface area contributed by atoms with Crippen LogP contribution in [0.15, 0.2) is 200 Å². The average molecular weight is 778 g/mol. The van der Waals surface area contributed by atoms with Crippen molar-refractivity contribution in [2.75, 3.05) is 4.90 Å². The summed E-state index contributed by atoms with van der Waals surface area (Å²) in [7, 11) is -2.63. The first-order chi connectivity index (χ1) is 29.6. The van der Waals surface area contributed by atoms with Crippen LogP contribution >= 0.6 is 0 Å². The predicted octanol–water partition coefficient (Wildman–Crippen LogP) is 11.5. The summed E-state index contributed by atoms with van der Waals surface area (Å²) in [6, 6.07) is 77.1. The number of para-hydroxylation sites is 2. The van der Waals surface area contributed by atoms with Crippen molar-refractivity contribution in [3.05, 3.63) is 234 Å². The quantitative estimate of drug-likeness (QED) is 0.150. The van der Waals surface area contributed by atoms with E-state index < -0.39 is 13.5 Å². The van der Waals surface area contributed by atoms with E-state index >= 15 is 0 Å². The van der Waals surface area contributed by atoms with Gasteiger partial charge in [-0.2, -0.15) is 0 Å². The van der Waals surface area contributed by atoms with Gasteiger partial charge in [-0.25, -0.2) is 0 Å². The van der Waals surface area contributed by atoms with Gasteiger partial charge >= 0.3 is 0 Å². The third-order valence-corrected chi connectivity index (χ3v) is 20.0. The van der Waals surface area contributed by atoms with Gasteiger partial charge in [0.25, 0.3) is 0 Å². The maximum absolute atomic E-state index is 2.63. The minimum absolute atomic E-state index is 0.0842. The fourth-order valence-corrected chi connectivity index (χ4v) is 18.5. The Labute approximate surface area is 351 Å². The lowest BCUT2D eigenvalue weighted by Crippen LogP contribution is -2.70. The number of rotatable bonds is 1. The monoisotopic (exact) mass is 777 g/mol. The molecule has 0 radical (unpaired) electrons. The molecule has 1 nitrogen and oxygen atoms in total. The summed E-state index contributed by atoms with van der Waals surface area (Å²) < 4.78 is 0. The van der Waals surface area contributed by atoms with Crippen molar-refractivity contribution in [2.24, 2.45) is 0 Å². The molecule has 0 saturated carbocycles. The van der Waals surface area contributed by atoms with Crippen molar-refractivity contribution < 1.29 is 0 Å². The van der Waals surface area contributed by atoms with E-state index in [4.69, 9.17) is 0 Å². The Morgan fingerprint density at radius 3 is 1.33 bits per heavy atom. The smallest absolute Gasteiger partial charge is 0.182 e. The summed E-state index contributed by atoms with van der Waals surface area (Å²) in [6.07, 6.45) is 0. The lowest BCUT2D eigenvalue weighted by Gasteiger charge is -2.45. The van der Waals surface area contributed by atoms with Crippen LogP contribution in [0.1, 0.15) is 47.2 Å². The fraction of sp³-hybridized carbons (Fsp3) is 0.0690. The lowest BCUT2D eigenvalue weighted by molar-refractivity contribution is 0.659. The van der Waals surface area contributed by atoms with Gasteiger partial charge in [0.1, 0.15) is 0 Å². The first-order valence-electron chi connectivity index (χ1n) is 21.4. The molecule has 9 aromatic carbocycles. The first-order valence-corrected chi connectivity index (χ1v) is 23.4. The number of anilines is 3. The lowest BCUT2D eigenvalue weighted by atomic mass is 9.64. The van der Waals surface area contributed by atoms with Gasteiger partial charge in [-0.3, -0.25) is 0 Å². The van der Waals surface area contributed by atoms with Crippen molar-refractivity contribution in [1.29, 1.82) is 0 Å². The van der Waals surface area contributed by atoms with E-state index in [0.717, 1.165) is 0 Å². The van der Waals surface area contributed by atoms with Crippen LogP contribution < -0.4 is 25.6 Å². The second kappa shape index (κ2) is 11.2. The van der Waals surface area contributed by atoms with Gasteiger partial charge in [0, 0.05) is 11.1 Å². The van der Waals surface area contributed by atoms with Crippen LogP contribution in [0.4, 0.5) is 17.1 Å². The molecule has 5 aliphatic rings. The molecule has 0 N–H and O–H groups in total. The Bertz CT molecular complexity index is 3280. The number of nitrogens with zero attached hydrogens (tertiary/aromatic N) is 1. The van der Waals surface area contributed by atoms with Crippen LogP contribution in [0.2, 0.25) is 0 Å². The highest BCUT2D eigenvalue weighted by atomic mass is 28.3. The highest BCUT2D eigenvalue weighted by Gasteiger charge is 2.56. The van der Waals surface area contributed by atoms with Gasteiger partial charge < -0.3 is 4.90 Å². The molecule has 0 saturated heterocycles. The molecule has 0 bridgehead atoms. The maximum atomic E-state index is 2.59. The normalized spacial score (nSPS) is 16.2. The summed E-state index contributed by atoms with van der Waals surface area (Å²) in [5.74, 6) is 0. The average Bonchev–Trinajstić information content (AvgIpc) is 3.96. The van der Waals surface area contributed by atoms with Crippen molar-refractivity contribution in [3.63, 3.8) is 0 Å². The van der Waals surface area contributed by atoms with Gasteiger partial charge in [0.15, 0.2) is 8.07 Å². The molecular weight excluding hydrogens is 739 g/mol. The second-order valence-corrected chi connectivity index (χ2v) is 21.5. The molecule has 60 heavy (non-hydrogen) atoms. The molecule has 0 atom stereocenters. The van der Waals surface area contributed by atoms with Crippen molar-refractivity contribution in [1.82, 2.24) is 0 Å². The molecule has 14 rings (SSSR count). The third kappa shape index (κ3) is 3.61. The standard InChI is InChI=1S/C58H39NSi/c1-57(2)43-22-8-3-20-41(43)55-47(57)33-34-48-56(55)42-21-4-9-23-44(42)58(48)45-24-10-12-26-49(45)59(50-27-13-11-25-46(50)58)36-31-32-40-39-19-7-16-30-53(39)60(54(40)35-36)51-28-14-5-17-37(51)38-18-6-15-29-52(38)60/h3-35H,1-2H3. The Kier molecular flexibility index (Phi) is 6.13. The topological polar surface area (TPSA) is 3.24 Å². The molecule has 2 aliphatic carbocycles. The van der Waals surface area contributed by atoms with E-state index in [-0.39, 0.29) is 5.41 Å². The zero-order valence-electron chi connectivity index (χ0n) is 33.5. The Hall–Kier alpha value is -7.00. The molecule has 9 aromatic rings. The molecule has 0 amide bonds. The zero-order chi connectivity index (χ0) is 39.5. The molecular formula is C58H39NSi. The summed E-state index contributed by atoms with van der Waals surface area (Å²) in [5, 5.41) is 6.00. The minimum atomic E-state index is -2.63. The minimum Gasteiger partial charge on any atom is -0.310 e. The van der Waals surface area contributed by atoms with E-state index in [1.54, 1.807) is 0 Å². The summed E-state index contributed by atoms with van der Waals surface area (Å²) in [5.41, 5.74) is 22.4. The molecule has 2 spiro atoms. The van der Waals surface area contributed by atoms with E-state index in [9.17, 15) is 0 Å². The maximum Gasteiger partial charge on any atom is 0.182 e. The summed E-state index contributed by atoms with van der Waals surface area (Å²) in [4.78, 5) is 2.58. The van der Waals surface area contributed by atoms with E-state index in [0.29, 0.717) is 0 Å². The van der Waals surface area contributed by atoms with Gasteiger partial charge in [0.2, 0.25) is 0 Å². The van der Waals surface area contributed by atoms with Gasteiger partial charge in [0.05, 0.1) is 16.8 Å². The number of benzene rings is 9. The molecule has 3 heterocycles. The fourth-order valence-electron chi connectivity index (χ4n) is 12.9. The van der Waals surface area contributed by atoms with Gasteiger partial charge in [-0.1, -0.05) is 190 Å². The highest BCUT2D eigenvalue weighted by Crippen LogP contribution is 2.66. The Morgan fingerprint density at radius 1 is 0.333 bits per heavy atom. The highest BCUT2D eigenvalue weighted by molar-refractivity contribution is 7.24. The Morgan fingerprint density at radius 2 is 0.750 bits per heavy atom. The third-order valence-electron chi connectivity index (χ3n) is 15.1. The van der Waals surface area contributed by atoms with E-state index in [1.165, 1.54) is 116 Å². The SMILES string of the molecule is CC1(C)c2ccccc2-c2c1ccc1c2-c2ccccc2C12c1ccccc1N(c1ccc3c(c1)[Si]1(c4ccccc4-c4ccccc41)c1ccccc1-3)c1ccccc12. The van der Waals surface area contributed by atoms with Gasteiger partial charge in [-0.15, -0.1) is 0 Å². The van der Waals surface area contributed by atoms with Crippen molar-refractivity contribution >= 4 is 45.9 Å². The molecule has 0 fully saturated rings. The van der Waals surface area contributed by atoms with Crippen LogP contribution in [0.5, 0.6) is 0 Å². The van der Waals surface area contributed by atoms with Crippen LogP contribution in [0, 0.1) is 0 Å². The molecule has 0 aromatic heterocycles. The van der Waals surface area contributed by atoms with Gasteiger partial charge in [-0.05, 0) is 123 Å². The molecule has 2 heteroatoms. The zero-order valence-corrected chi connectivity index (χ0v) is 34.5. The first kappa shape index (κ1) is 32.9. The van der Waals surface area contributed by atoms with E-state index in [2.05, 4.69) is 219 Å². The molecule has 3 aliphatic heterocycles. The summed E-state index contributed by atoms with van der Waals surface area (Å²) >= 11 is 0. The van der Waals surface area contributed by atoms with E-state index in [1.807, 2.05) is 0 Å².